The van der Waals surface area contributed by atoms with Crippen molar-refractivity contribution in [2.75, 3.05) is 0 Å². The Morgan fingerprint density at radius 1 is 0.443 bits per heavy atom. The summed E-state index contributed by atoms with van der Waals surface area (Å²) in [5, 5.41) is 13.0. The molecule has 13 rings (SSSR count). The fraction of sp³-hybridized carbons (Fsp3) is 0.0536. The normalized spacial score (nSPS) is 15.4. The van der Waals surface area contributed by atoms with Gasteiger partial charge in [0.1, 0.15) is 11.3 Å². The van der Waals surface area contributed by atoms with Crippen LogP contribution in [0.15, 0.2) is 186 Å². The Balaban J connectivity index is 1.10. The van der Waals surface area contributed by atoms with Crippen LogP contribution in [-0.2, 0) is 0 Å². The number of furan rings is 1. The fourth-order valence-electron chi connectivity index (χ4n) is 10.0. The lowest BCUT2D eigenvalue weighted by molar-refractivity contribution is 0.489. The molecule has 0 radical (unpaired) electrons. The monoisotopic (exact) mass is 780 g/mol. The van der Waals surface area contributed by atoms with Gasteiger partial charge in [-0.2, -0.15) is 0 Å². The van der Waals surface area contributed by atoms with Gasteiger partial charge >= 0.3 is 0 Å². The predicted molar refractivity (Wildman–Crippen MR) is 252 cm³/mol. The topological polar surface area (TPSA) is 56.7 Å². The molecule has 1 aliphatic carbocycles. The summed E-state index contributed by atoms with van der Waals surface area (Å²) < 4.78 is 9.44. The van der Waals surface area contributed by atoms with Crippen LogP contribution in [0.5, 0.6) is 0 Å². The summed E-state index contributed by atoms with van der Waals surface area (Å²) in [6, 6.07) is 64.8. The van der Waals surface area contributed by atoms with E-state index in [1.165, 1.54) is 54.3 Å². The Morgan fingerprint density at radius 3 is 1.69 bits per heavy atom. The second kappa shape index (κ2) is 13.1. The zero-order valence-electron chi connectivity index (χ0n) is 33.2. The zero-order valence-corrected chi connectivity index (χ0v) is 33.2. The van der Waals surface area contributed by atoms with E-state index in [0.717, 1.165) is 49.6 Å². The van der Waals surface area contributed by atoms with Crippen LogP contribution in [0.3, 0.4) is 0 Å². The zero-order chi connectivity index (χ0) is 40.2. The maximum absolute atomic E-state index is 6.86. The minimum absolute atomic E-state index is 0.0857. The number of allylic oxidation sites excluding steroid dienone is 1. The Labute approximate surface area is 350 Å². The van der Waals surface area contributed by atoms with Gasteiger partial charge in [0, 0.05) is 44.3 Å². The van der Waals surface area contributed by atoms with Gasteiger partial charge in [0.25, 0.3) is 0 Å². The van der Waals surface area contributed by atoms with Crippen molar-refractivity contribution in [1.82, 2.24) is 19.5 Å². The first-order valence-electron chi connectivity index (χ1n) is 20.9. The highest BCUT2D eigenvalue weighted by molar-refractivity contribution is 6.16. The molecule has 1 aliphatic rings. The third kappa shape index (κ3) is 5.23. The molecule has 12 aromatic rings. The minimum atomic E-state index is -0.164. The summed E-state index contributed by atoms with van der Waals surface area (Å²) >= 11 is 0. The van der Waals surface area contributed by atoms with Gasteiger partial charge in [-0.1, -0.05) is 153 Å². The van der Waals surface area contributed by atoms with Gasteiger partial charge in [-0.3, -0.25) is 0 Å². The van der Waals surface area contributed by atoms with Crippen molar-refractivity contribution in [2.24, 2.45) is 5.92 Å². The van der Waals surface area contributed by atoms with E-state index in [2.05, 4.69) is 200 Å². The van der Waals surface area contributed by atoms with E-state index in [9.17, 15) is 0 Å². The van der Waals surface area contributed by atoms with Gasteiger partial charge in [0.2, 0.25) is 0 Å². The highest BCUT2D eigenvalue weighted by Gasteiger charge is 2.38. The molecule has 2 unspecified atom stereocenters. The maximum Gasteiger partial charge on any atom is 0.164 e. The Kier molecular flexibility index (Phi) is 7.28. The number of hydrogen-bond donors (Lipinski definition) is 0. The number of para-hydroxylation sites is 1. The van der Waals surface area contributed by atoms with Crippen LogP contribution in [0.1, 0.15) is 30.1 Å². The van der Waals surface area contributed by atoms with E-state index in [1.807, 2.05) is 0 Å². The van der Waals surface area contributed by atoms with Gasteiger partial charge in [-0.05, 0) is 85.6 Å². The summed E-state index contributed by atoms with van der Waals surface area (Å²) in [6.07, 6.45) is 2.20. The Bertz CT molecular complexity index is 3720. The van der Waals surface area contributed by atoms with Crippen LogP contribution >= 0.6 is 0 Å². The summed E-state index contributed by atoms with van der Waals surface area (Å²) in [5.74, 6) is 2.66. The van der Waals surface area contributed by atoms with E-state index in [-0.39, 0.29) is 12.0 Å². The standard InChI is InChI=1S/C56H36N4O/c1-33-45(56-58-54(41-26-25-34-13-2-3-15-36(34)27-41)57-55(59-56)43-23-12-20-35-14-8-9-21-42(35)43)32-51-52(44-22-10-11-24-50(44)61-51)53(33)60-48-30-39-18-6-4-16-37(39)28-46(48)47-29-38-17-5-7-19-40(38)31-49(47)60/h2-33,53H,1H3. The average molecular weight is 781 g/mol. The molecular formula is C56H36N4O. The van der Waals surface area contributed by atoms with Gasteiger partial charge in [-0.15, -0.1) is 0 Å². The third-order valence-electron chi connectivity index (χ3n) is 13.0. The number of hydrogen-bond acceptors (Lipinski definition) is 4. The Morgan fingerprint density at radius 2 is 0.984 bits per heavy atom. The molecule has 2 atom stereocenters. The molecule has 61 heavy (non-hydrogen) atoms. The number of rotatable bonds is 4. The summed E-state index contributed by atoms with van der Waals surface area (Å²) in [5.41, 5.74) is 7.31. The summed E-state index contributed by atoms with van der Waals surface area (Å²) in [6.45, 7) is 2.33. The molecule has 0 saturated heterocycles. The first-order valence-corrected chi connectivity index (χ1v) is 20.9. The largest absolute Gasteiger partial charge is 0.456 e. The molecule has 0 N–H and O–H groups in total. The number of benzene rings is 9. The molecule has 0 spiro atoms. The summed E-state index contributed by atoms with van der Waals surface area (Å²) in [4.78, 5) is 16.1. The van der Waals surface area contributed by atoms with E-state index in [4.69, 9.17) is 19.4 Å². The lowest BCUT2D eigenvalue weighted by Gasteiger charge is -2.32. The van der Waals surface area contributed by atoms with E-state index in [0.29, 0.717) is 17.5 Å². The van der Waals surface area contributed by atoms with Crippen LogP contribution in [0.25, 0.3) is 110 Å². The quantitative estimate of drug-likeness (QED) is 0.178. The van der Waals surface area contributed by atoms with Gasteiger partial charge < -0.3 is 8.98 Å². The van der Waals surface area contributed by atoms with Crippen molar-refractivity contribution in [1.29, 1.82) is 0 Å². The van der Waals surface area contributed by atoms with Crippen molar-refractivity contribution in [2.45, 2.75) is 13.0 Å². The SMILES string of the molecule is CC1C(c2nc(-c3ccc4ccccc4c3)nc(-c3cccc4ccccc34)n2)=Cc2oc3ccccc3c2C1n1c2cc3ccccc3cc2c2cc3ccccc3cc21. The fourth-order valence-corrected chi connectivity index (χ4v) is 10.0. The molecular weight excluding hydrogens is 745 g/mol. The smallest absolute Gasteiger partial charge is 0.164 e. The molecule has 5 heteroatoms. The summed E-state index contributed by atoms with van der Waals surface area (Å²) in [7, 11) is 0. The van der Waals surface area contributed by atoms with E-state index < -0.39 is 0 Å². The highest BCUT2D eigenvalue weighted by atomic mass is 16.3. The minimum Gasteiger partial charge on any atom is -0.456 e. The molecule has 5 nitrogen and oxygen atoms in total. The van der Waals surface area contributed by atoms with E-state index in [1.54, 1.807) is 0 Å². The number of aromatic nitrogens is 4. The average Bonchev–Trinajstić information content (AvgIpc) is 3.83. The molecule has 3 aromatic heterocycles. The van der Waals surface area contributed by atoms with Gasteiger partial charge in [0.15, 0.2) is 17.5 Å². The van der Waals surface area contributed by atoms with Crippen LogP contribution in [0.4, 0.5) is 0 Å². The van der Waals surface area contributed by atoms with Crippen LogP contribution in [-0.4, -0.2) is 19.5 Å². The maximum atomic E-state index is 6.86. The van der Waals surface area contributed by atoms with Crippen molar-refractivity contribution >= 4 is 87.5 Å². The molecule has 0 fully saturated rings. The predicted octanol–water partition coefficient (Wildman–Crippen LogP) is 14.5. The van der Waals surface area contributed by atoms with Crippen LogP contribution in [0, 0.1) is 5.92 Å². The van der Waals surface area contributed by atoms with Crippen molar-refractivity contribution in [3.63, 3.8) is 0 Å². The lowest BCUT2D eigenvalue weighted by Crippen LogP contribution is -2.24. The van der Waals surface area contributed by atoms with Gasteiger partial charge in [-0.25, -0.2) is 15.0 Å². The number of nitrogens with zero attached hydrogens (tertiary/aromatic N) is 4. The van der Waals surface area contributed by atoms with Crippen molar-refractivity contribution in [3.05, 3.63) is 199 Å². The molecule has 0 amide bonds. The molecule has 3 heterocycles. The molecule has 286 valence electrons. The van der Waals surface area contributed by atoms with E-state index >= 15 is 0 Å². The Hall–Kier alpha value is -7.89. The first-order chi connectivity index (χ1) is 30.1. The van der Waals surface area contributed by atoms with Crippen LogP contribution in [0.2, 0.25) is 0 Å². The van der Waals surface area contributed by atoms with Crippen LogP contribution < -0.4 is 0 Å². The lowest BCUT2D eigenvalue weighted by atomic mass is 9.81. The third-order valence-corrected chi connectivity index (χ3v) is 13.0. The highest BCUT2D eigenvalue weighted by Crippen LogP contribution is 2.50. The number of fused-ring (bicyclic) bond motifs is 10. The second-order valence-electron chi connectivity index (χ2n) is 16.4. The van der Waals surface area contributed by atoms with Gasteiger partial charge in [0.05, 0.1) is 17.1 Å². The molecule has 0 bridgehead atoms. The molecule has 0 aliphatic heterocycles. The van der Waals surface area contributed by atoms with Crippen molar-refractivity contribution < 1.29 is 4.42 Å². The second-order valence-corrected chi connectivity index (χ2v) is 16.4. The molecule has 0 saturated carbocycles. The molecule has 9 aromatic carbocycles. The van der Waals surface area contributed by atoms with Crippen molar-refractivity contribution in [3.8, 4) is 22.8 Å². The first kappa shape index (κ1) is 34.0.